The molecule has 1 aliphatic heterocycles. The van der Waals surface area contributed by atoms with E-state index in [0.29, 0.717) is 6.61 Å². The number of likely N-dealkylation sites (tertiary alicyclic amines) is 1. The predicted octanol–water partition coefficient (Wildman–Crippen LogP) is 3.91. The number of pyridine rings is 1. The van der Waals surface area contributed by atoms with Gasteiger partial charge in [-0.05, 0) is 42.5 Å². The summed E-state index contributed by atoms with van der Waals surface area (Å²) in [4.78, 5) is 18.7. The summed E-state index contributed by atoms with van der Waals surface area (Å²) in [6.45, 7) is 3.09. The Balaban J connectivity index is 1.69. The van der Waals surface area contributed by atoms with Crippen LogP contribution < -0.4 is 5.32 Å². The maximum Gasteiger partial charge on any atom is 0.410 e. The molecule has 1 amide bonds. The SMILES string of the molecule is CNc1cc(C)c(C2CCCN2C(=O)OCc2ccccc2)cn1. The minimum atomic E-state index is -0.251. The van der Waals surface area contributed by atoms with E-state index in [1.54, 1.807) is 0 Å². The topological polar surface area (TPSA) is 54.5 Å². The van der Waals surface area contributed by atoms with E-state index in [-0.39, 0.29) is 12.1 Å². The number of hydrogen-bond acceptors (Lipinski definition) is 4. The molecule has 1 aromatic heterocycles. The van der Waals surface area contributed by atoms with Crippen molar-refractivity contribution < 1.29 is 9.53 Å². The van der Waals surface area contributed by atoms with Crippen molar-refractivity contribution in [2.24, 2.45) is 0 Å². The van der Waals surface area contributed by atoms with Gasteiger partial charge in [-0.3, -0.25) is 0 Å². The van der Waals surface area contributed by atoms with Gasteiger partial charge in [0.05, 0.1) is 6.04 Å². The van der Waals surface area contributed by atoms with Crippen LogP contribution in [-0.2, 0) is 11.3 Å². The van der Waals surface area contributed by atoms with Crippen molar-refractivity contribution in [3.63, 3.8) is 0 Å². The third-order valence-electron chi connectivity index (χ3n) is 4.46. The van der Waals surface area contributed by atoms with E-state index in [9.17, 15) is 4.79 Å². The monoisotopic (exact) mass is 325 g/mol. The summed E-state index contributed by atoms with van der Waals surface area (Å²) >= 11 is 0. The first-order valence-corrected chi connectivity index (χ1v) is 8.30. The Hall–Kier alpha value is -2.56. The van der Waals surface area contributed by atoms with Gasteiger partial charge in [0.2, 0.25) is 0 Å². The molecule has 0 spiro atoms. The lowest BCUT2D eigenvalue weighted by atomic mass is 10.0. The molecule has 5 heteroatoms. The molecular formula is C19H23N3O2. The van der Waals surface area contributed by atoms with Crippen LogP contribution in [-0.4, -0.2) is 29.6 Å². The zero-order valence-electron chi connectivity index (χ0n) is 14.2. The van der Waals surface area contributed by atoms with Gasteiger partial charge < -0.3 is 15.0 Å². The lowest BCUT2D eigenvalue weighted by Crippen LogP contribution is -2.31. The van der Waals surface area contributed by atoms with Crippen molar-refractivity contribution in [2.45, 2.75) is 32.4 Å². The number of amides is 1. The van der Waals surface area contributed by atoms with Crippen molar-refractivity contribution in [3.05, 3.63) is 59.3 Å². The van der Waals surface area contributed by atoms with Crippen LogP contribution in [0.25, 0.3) is 0 Å². The van der Waals surface area contributed by atoms with E-state index < -0.39 is 0 Å². The maximum atomic E-state index is 12.5. The second-order valence-electron chi connectivity index (χ2n) is 6.07. The summed E-state index contributed by atoms with van der Waals surface area (Å²) < 4.78 is 5.50. The molecule has 1 N–H and O–H groups in total. The predicted molar refractivity (Wildman–Crippen MR) is 93.8 cm³/mol. The van der Waals surface area contributed by atoms with Gasteiger partial charge in [0.25, 0.3) is 0 Å². The molecule has 3 rings (SSSR count). The summed E-state index contributed by atoms with van der Waals surface area (Å²) in [5, 5.41) is 3.04. The highest BCUT2D eigenvalue weighted by molar-refractivity contribution is 5.69. The zero-order valence-corrected chi connectivity index (χ0v) is 14.2. The Morgan fingerprint density at radius 2 is 2.17 bits per heavy atom. The molecule has 5 nitrogen and oxygen atoms in total. The second-order valence-corrected chi connectivity index (χ2v) is 6.07. The van der Waals surface area contributed by atoms with Crippen molar-refractivity contribution in [3.8, 4) is 0 Å². The molecule has 0 bridgehead atoms. The van der Waals surface area contributed by atoms with Gasteiger partial charge >= 0.3 is 6.09 Å². The van der Waals surface area contributed by atoms with Gasteiger partial charge in [-0.15, -0.1) is 0 Å². The van der Waals surface area contributed by atoms with Crippen LogP contribution in [0.1, 0.15) is 35.6 Å². The number of carbonyl (C=O) groups excluding carboxylic acids is 1. The van der Waals surface area contributed by atoms with Crippen molar-refractivity contribution in [2.75, 3.05) is 18.9 Å². The Morgan fingerprint density at radius 3 is 2.88 bits per heavy atom. The Morgan fingerprint density at radius 1 is 1.38 bits per heavy atom. The fourth-order valence-corrected chi connectivity index (χ4v) is 3.16. The standard InChI is InChI=1S/C19H23N3O2/c1-14-11-18(20-2)21-12-16(14)17-9-6-10-22(17)19(23)24-13-15-7-4-3-5-8-15/h3-5,7-8,11-12,17H,6,9-10,13H2,1-2H3,(H,20,21). The minimum absolute atomic E-state index is 0.0479. The molecule has 1 saturated heterocycles. The number of aromatic nitrogens is 1. The van der Waals surface area contributed by atoms with Gasteiger partial charge in [0.1, 0.15) is 12.4 Å². The van der Waals surface area contributed by atoms with Gasteiger partial charge in [0, 0.05) is 19.8 Å². The summed E-state index contributed by atoms with van der Waals surface area (Å²) in [5.74, 6) is 0.840. The van der Waals surface area contributed by atoms with Gasteiger partial charge in [0.15, 0.2) is 0 Å². The van der Waals surface area contributed by atoms with Crippen molar-refractivity contribution in [1.29, 1.82) is 0 Å². The number of carbonyl (C=O) groups is 1. The van der Waals surface area contributed by atoms with Crippen LogP contribution >= 0.6 is 0 Å². The molecule has 0 radical (unpaired) electrons. The largest absolute Gasteiger partial charge is 0.445 e. The Kier molecular flexibility index (Phi) is 4.99. The van der Waals surface area contributed by atoms with E-state index >= 15 is 0 Å². The number of anilines is 1. The smallest absolute Gasteiger partial charge is 0.410 e. The molecule has 1 aromatic carbocycles. The molecule has 1 fully saturated rings. The van der Waals surface area contributed by atoms with E-state index in [1.807, 2.05) is 54.5 Å². The Labute approximate surface area is 142 Å². The quantitative estimate of drug-likeness (QED) is 0.926. The van der Waals surface area contributed by atoms with E-state index in [2.05, 4.69) is 17.2 Å². The summed E-state index contributed by atoms with van der Waals surface area (Å²) in [7, 11) is 1.85. The third-order valence-corrected chi connectivity index (χ3v) is 4.46. The lowest BCUT2D eigenvalue weighted by molar-refractivity contribution is 0.0919. The highest BCUT2D eigenvalue weighted by Gasteiger charge is 2.32. The highest BCUT2D eigenvalue weighted by atomic mass is 16.6. The maximum absolute atomic E-state index is 12.5. The molecule has 2 aromatic rings. The first-order chi connectivity index (χ1) is 11.7. The van der Waals surface area contributed by atoms with E-state index in [0.717, 1.165) is 41.9 Å². The molecule has 0 aliphatic carbocycles. The second kappa shape index (κ2) is 7.34. The molecule has 2 heterocycles. The van der Waals surface area contributed by atoms with Gasteiger partial charge in [-0.1, -0.05) is 30.3 Å². The average molecular weight is 325 g/mol. The number of benzene rings is 1. The normalized spacial score (nSPS) is 16.9. The average Bonchev–Trinajstić information content (AvgIpc) is 3.10. The number of hydrogen-bond donors (Lipinski definition) is 1. The van der Waals surface area contributed by atoms with Crippen LogP contribution in [0.4, 0.5) is 10.6 Å². The molecule has 1 aliphatic rings. The lowest BCUT2D eigenvalue weighted by Gasteiger charge is -2.25. The highest BCUT2D eigenvalue weighted by Crippen LogP contribution is 2.34. The molecule has 1 unspecified atom stereocenters. The fourth-order valence-electron chi connectivity index (χ4n) is 3.16. The summed E-state index contributed by atoms with van der Waals surface area (Å²) in [5.41, 5.74) is 3.24. The van der Waals surface area contributed by atoms with Gasteiger partial charge in [-0.25, -0.2) is 9.78 Å². The van der Waals surface area contributed by atoms with Crippen LogP contribution in [0, 0.1) is 6.92 Å². The Bertz CT molecular complexity index is 703. The van der Waals surface area contributed by atoms with Crippen LogP contribution in [0.15, 0.2) is 42.6 Å². The first-order valence-electron chi connectivity index (χ1n) is 8.30. The molecular weight excluding hydrogens is 302 g/mol. The third kappa shape index (κ3) is 3.50. The summed E-state index contributed by atoms with van der Waals surface area (Å²) in [6.07, 6.45) is 3.55. The van der Waals surface area contributed by atoms with E-state index in [4.69, 9.17) is 4.74 Å². The fraction of sp³-hybridized carbons (Fsp3) is 0.368. The molecule has 126 valence electrons. The van der Waals surface area contributed by atoms with Crippen LogP contribution in [0.3, 0.4) is 0 Å². The molecule has 24 heavy (non-hydrogen) atoms. The van der Waals surface area contributed by atoms with Crippen LogP contribution in [0.2, 0.25) is 0 Å². The number of aryl methyl sites for hydroxylation is 1. The first kappa shape index (κ1) is 16.3. The number of nitrogens with zero attached hydrogens (tertiary/aromatic N) is 2. The number of rotatable bonds is 4. The van der Waals surface area contributed by atoms with Crippen LogP contribution in [0.5, 0.6) is 0 Å². The molecule has 1 atom stereocenters. The zero-order chi connectivity index (χ0) is 16.9. The number of ether oxygens (including phenoxy) is 1. The van der Waals surface area contributed by atoms with Gasteiger partial charge in [-0.2, -0.15) is 0 Å². The van der Waals surface area contributed by atoms with Crippen molar-refractivity contribution >= 4 is 11.9 Å². The number of nitrogens with one attached hydrogen (secondary N) is 1. The van der Waals surface area contributed by atoms with E-state index in [1.165, 1.54) is 0 Å². The minimum Gasteiger partial charge on any atom is -0.445 e. The van der Waals surface area contributed by atoms with Crippen molar-refractivity contribution in [1.82, 2.24) is 9.88 Å². The summed E-state index contributed by atoms with van der Waals surface area (Å²) in [6, 6.07) is 11.8. The molecule has 0 saturated carbocycles.